The molecule has 0 atom stereocenters. The molecular weight excluding hydrogens is 274 g/mol. The first-order chi connectivity index (χ1) is 5.27. The smallest absolute Gasteiger partial charge is 0.150 e. The molecule has 0 unspecified atom stereocenters. The van der Waals surface area contributed by atoms with Crippen LogP contribution in [0.25, 0.3) is 0 Å². The average molecular weight is 280 g/mol. The number of halogens is 2. The Morgan fingerprint density at radius 1 is 1.55 bits per heavy atom. The van der Waals surface area contributed by atoms with Crippen LogP contribution in [0.5, 0.6) is 0 Å². The highest BCUT2D eigenvalue weighted by Gasteiger charge is 1.99. The SMILES string of the molecule is O=Cc1ccc(I)cc1CCl. The molecule has 1 aromatic rings. The zero-order chi connectivity index (χ0) is 8.27. The molecule has 0 bridgehead atoms. The predicted octanol–water partition coefficient (Wildman–Crippen LogP) is 2.84. The van der Waals surface area contributed by atoms with Crippen molar-refractivity contribution in [1.82, 2.24) is 0 Å². The van der Waals surface area contributed by atoms with Crippen LogP contribution in [-0.2, 0) is 5.88 Å². The van der Waals surface area contributed by atoms with Gasteiger partial charge in [-0.2, -0.15) is 0 Å². The van der Waals surface area contributed by atoms with Gasteiger partial charge < -0.3 is 0 Å². The summed E-state index contributed by atoms with van der Waals surface area (Å²) < 4.78 is 1.10. The van der Waals surface area contributed by atoms with E-state index < -0.39 is 0 Å². The fourth-order valence-corrected chi connectivity index (χ4v) is 1.59. The number of hydrogen-bond donors (Lipinski definition) is 0. The molecule has 0 N–H and O–H groups in total. The molecule has 0 saturated carbocycles. The normalized spacial score (nSPS) is 9.64. The van der Waals surface area contributed by atoms with Crippen LogP contribution in [-0.4, -0.2) is 6.29 Å². The monoisotopic (exact) mass is 280 g/mol. The maximum Gasteiger partial charge on any atom is 0.150 e. The predicted molar refractivity (Wildman–Crippen MR) is 54.1 cm³/mol. The minimum atomic E-state index is 0.394. The van der Waals surface area contributed by atoms with E-state index in [4.69, 9.17) is 11.6 Å². The molecule has 0 aromatic heterocycles. The van der Waals surface area contributed by atoms with Gasteiger partial charge >= 0.3 is 0 Å². The molecular formula is C8H6ClIO. The Labute approximate surface area is 83.9 Å². The van der Waals surface area contributed by atoms with Crippen LogP contribution in [0.15, 0.2) is 18.2 Å². The Bertz CT molecular complexity index is 273. The first kappa shape index (κ1) is 9.00. The Hall–Kier alpha value is -0.0900. The molecule has 0 radical (unpaired) electrons. The van der Waals surface area contributed by atoms with E-state index in [2.05, 4.69) is 22.6 Å². The van der Waals surface area contributed by atoms with Crippen molar-refractivity contribution >= 4 is 40.5 Å². The topological polar surface area (TPSA) is 17.1 Å². The Morgan fingerprint density at radius 3 is 2.82 bits per heavy atom. The Kier molecular flexibility index (Phi) is 3.33. The first-order valence-corrected chi connectivity index (χ1v) is 4.69. The van der Waals surface area contributed by atoms with E-state index in [1.165, 1.54) is 0 Å². The third-order valence-corrected chi connectivity index (χ3v) is 2.33. The zero-order valence-electron chi connectivity index (χ0n) is 5.68. The van der Waals surface area contributed by atoms with E-state index in [1.54, 1.807) is 6.07 Å². The quantitative estimate of drug-likeness (QED) is 0.462. The third-order valence-electron chi connectivity index (χ3n) is 1.38. The van der Waals surface area contributed by atoms with Gasteiger partial charge in [-0.15, -0.1) is 11.6 Å². The summed E-state index contributed by atoms with van der Waals surface area (Å²) in [6, 6.07) is 5.59. The number of rotatable bonds is 2. The fourth-order valence-electron chi connectivity index (χ4n) is 0.805. The van der Waals surface area contributed by atoms with Crippen molar-refractivity contribution in [1.29, 1.82) is 0 Å². The van der Waals surface area contributed by atoms with Crippen molar-refractivity contribution in [2.45, 2.75) is 5.88 Å². The minimum Gasteiger partial charge on any atom is -0.298 e. The molecule has 0 fully saturated rings. The van der Waals surface area contributed by atoms with Crippen LogP contribution in [0.1, 0.15) is 15.9 Å². The zero-order valence-corrected chi connectivity index (χ0v) is 8.59. The largest absolute Gasteiger partial charge is 0.298 e. The van der Waals surface area contributed by atoms with Crippen molar-refractivity contribution in [2.24, 2.45) is 0 Å². The molecule has 0 amide bonds. The summed E-state index contributed by atoms with van der Waals surface area (Å²) in [6.45, 7) is 0. The van der Waals surface area contributed by atoms with Gasteiger partial charge in [-0.3, -0.25) is 4.79 Å². The number of aldehydes is 1. The lowest BCUT2D eigenvalue weighted by Gasteiger charge is -1.99. The summed E-state index contributed by atoms with van der Waals surface area (Å²) in [5.74, 6) is 0.394. The highest BCUT2D eigenvalue weighted by atomic mass is 127. The van der Waals surface area contributed by atoms with Gasteiger partial charge in [-0.25, -0.2) is 0 Å². The van der Waals surface area contributed by atoms with Crippen molar-refractivity contribution < 1.29 is 4.79 Å². The van der Waals surface area contributed by atoms with E-state index in [0.717, 1.165) is 15.4 Å². The first-order valence-electron chi connectivity index (χ1n) is 3.07. The maximum absolute atomic E-state index is 10.4. The van der Waals surface area contributed by atoms with Crippen LogP contribution in [0.2, 0.25) is 0 Å². The lowest BCUT2D eigenvalue weighted by atomic mass is 10.1. The summed E-state index contributed by atoms with van der Waals surface area (Å²) in [4.78, 5) is 10.4. The highest BCUT2D eigenvalue weighted by Crippen LogP contribution is 2.14. The Balaban J connectivity index is 3.16. The van der Waals surface area contributed by atoms with Crippen molar-refractivity contribution in [2.75, 3.05) is 0 Å². The van der Waals surface area contributed by atoms with Gasteiger partial charge in [0.2, 0.25) is 0 Å². The van der Waals surface area contributed by atoms with E-state index >= 15 is 0 Å². The molecule has 0 spiro atoms. The van der Waals surface area contributed by atoms with Crippen LogP contribution < -0.4 is 0 Å². The van der Waals surface area contributed by atoms with E-state index in [9.17, 15) is 4.79 Å². The van der Waals surface area contributed by atoms with Crippen LogP contribution >= 0.6 is 34.2 Å². The van der Waals surface area contributed by atoms with Gasteiger partial charge in [0.05, 0.1) is 0 Å². The lowest BCUT2D eigenvalue weighted by molar-refractivity contribution is 0.112. The van der Waals surface area contributed by atoms with E-state index in [-0.39, 0.29) is 0 Å². The molecule has 58 valence electrons. The summed E-state index contributed by atoms with van der Waals surface area (Å²) in [5.41, 5.74) is 1.58. The van der Waals surface area contributed by atoms with Crippen LogP contribution in [0.4, 0.5) is 0 Å². The molecule has 1 rings (SSSR count). The third kappa shape index (κ3) is 2.17. The number of carbonyl (C=O) groups is 1. The van der Waals surface area contributed by atoms with E-state index in [0.29, 0.717) is 11.4 Å². The van der Waals surface area contributed by atoms with Gasteiger partial charge in [-0.1, -0.05) is 6.07 Å². The second kappa shape index (κ2) is 4.07. The standard InChI is InChI=1S/C8H6ClIO/c9-4-7-3-8(10)2-1-6(7)5-11/h1-3,5H,4H2. The van der Waals surface area contributed by atoms with Crippen LogP contribution in [0, 0.1) is 3.57 Å². The van der Waals surface area contributed by atoms with E-state index in [1.807, 2.05) is 12.1 Å². The number of alkyl halides is 1. The van der Waals surface area contributed by atoms with Crippen molar-refractivity contribution in [3.05, 3.63) is 32.9 Å². The van der Waals surface area contributed by atoms with Gasteiger partial charge in [0.1, 0.15) is 6.29 Å². The van der Waals surface area contributed by atoms with Crippen molar-refractivity contribution in [3.63, 3.8) is 0 Å². The maximum atomic E-state index is 10.4. The van der Waals surface area contributed by atoms with Gasteiger partial charge in [0, 0.05) is 15.0 Å². The molecule has 0 heterocycles. The summed E-state index contributed by atoms with van der Waals surface area (Å²) in [6.07, 6.45) is 0.827. The Morgan fingerprint density at radius 2 is 2.27 bits per heavy atom. The highest BCUT2D eigenvalue weighted by molar-refractivity contribution is 14.1. The van der Waals surface area contributed by atoms with Gasteiger partial charge in [-0.05, 0) is 40.3 Å². The van der Waals surface area contributed by atoms with Crippen LogP contribution in [0.3, 0.4) is 0 Å². The molecule has 0 saturated heterocycles. The molecule has 0 aliphatic heterocycles. The van der Waals surface area contributed by atoms with Gasteiger partial charge in [0.25, 0.3) is 0 Å². The molecule has 0 aliphatic rings. The fraction of sp³-hybridized carbons (Fsp3) is 0.125. The lowest BCUT2D eigenvalue weighted by Crippen LogP contribution is -1.89. The number of carbonyl (C=O) groups excluding carboxylic acids is 1. The molecule has 0 aliphatic carbocycles. The number of benzene rings is 1. The molecule has 1 nitrogen and oxygen atoms in total. The number of hydrogen-bond acceptors (Lipinski definition) is 1. The molecule has 11 heavy (non-hydrogen) atoms. The second-order valence-electron chi connectivity index (χ2n) is 2.09. The second-order valence-corrected chi connectivity index (χ2v) is 3.61. The van der Waals surface area contributed by atoms with Crippen molar-refractivity contribution in [3.8, 4) is 0 Å². The van der Waals surface area contributed by atoms with Gasteiger partial charge in [0.15, 0.2) is 0 Å². The molecule has 3 heteroatoms. The summed E-state index contributed by atoms with van der Waals surface area (Å²) >= 11 is 7.81. The summed E-state index contributed by atoms with van der Waals surface area (Å²) in [5, 5.41) is 0. The average Bonchev–Trinajstić information content (AvgIpc) is 2.04. The summed E-state index contributed by atoms with van der Waals surface area (Å²) in [7, 11) is 0. The minimum absolute atomic E-state index is 0.394. The molecule has 1 aromatic carbocycles.